The van der Waals surface area contributed by atoms with Gasteiger partial charge in [-0.05, 0) is 30.2 Å². The highest BCUT2D eigenvalue weighted by molar-refractivity contribution is 5.43. The molecule has 20 heavy (non-hydrogen) atoms. The molecule has 2 rings (SSSR count). The Morgan fingerprint density at radius 1 is 1.35 bits per heavy atom. The van der Waals surface area contributed by atoms with Crippen molar-refractivity contribution in [2.75, 3.05) is 13.7 Å². The Labute approximate surface area is 119 Å². The second-order valence-electron chi connectivity index (χ2n) is 4.82. The number of hydrogen-bond donors (Lipinski definition) is 1. The molecule has 0 spiro atoms. The third-order valence-electron chi connectivity index (χ3n) is 3.12. The molecular formula is C15H21N3O2. The lowest BCUT2D eigenvalue weighted by molar-refractivity contribution is 0.297. The summed E-state index contributed by atoms with van der Waals surface area (Å²) >= 11 is 0. The first-order valence-electron chi connectivity index (χ1n) is 6.64. The Morgan fingerprint density at radius 3 is 2.75 bits per heavy atom. The first-order chi connectivity index (χ1) is 9.60. The minimum absolute atomic E-state index is 0.0201. The molecule has 1 atom stereocenters. The van der Waals surface area contributed by atoms with Gasteiger partial charge in [-0.3, -0.25) is 4.68 Å². The van der Waals surface area contributed by atoms with Crippen molar-refractivity contribution in [3.8, 4) is 11.5 Å². The zero-order valence-electron chi connectivity index (χ0n) is 12.2. The molecule has 1 heterocycles. The standard InChI is InChI=1S/C15H21N3O2/c1-11(16)13-4-5-14(15(8-13)19-3)20-7-6-12-9-17-18(2)10-12/h4-5,8-11H,6-7,16H2,1-3H3/t11-/m1/s1. The number of methoxy groups -OCH3 is 1. The van der Waals surface area contributed by atoms with Crippen molar-refractivity contribution in [1.29, 1.82) is 0 Å². The van der Waals surface area contributed by atoms with Crippen LogP contribution in [0.1, 0.15) is 24.1 Å². The van der Waals surface area contributed by atoms with Crippen molar-refractivity contribution >= 4 is 0 Å². The summed E-state index contributed by atoms with van der Waals surface area (Å²) in [4.78, 5) is 0. The smallest absolute Gasteiger partial charge is 0.161 e. The van der Waals surface area contributed by atoms with E-state index in [0.717, 1.165) is 23.3 Å². The fourth-order valence-corrected chi connectivity index (χ4v) is 1.97. The van der Waals surface area contributed by atoms with Crippen LogP contribution < -0.4 is 15.2 Å². The number of ether oxygens (including phenoxy) is 2. The number of nitrogens with two attached hydrogens (primary N) is 1. The van der Waals surface area contributed by atoms with E-state index in [1.165, 1.54) is 0 Å². The SMILES string of the molecule is COc1cc([C@@H](C)N)ccc1OCCc1cnn(C)c1. The summed E-state index contributed by atoms with van der Waals surface area (Å²) in [6, 6.07) is 5.77. The number of hydrogen-bond acceptors (Lipinski definition) is 4. The second-order valence-corrected chi connectivity index (χ2v) is 4.82. The van der Waals surface area contributed by atoms with Crippen LogP contribution in [0.3, 0.4) is 0 Å². The summed E-state index contributed by atoms with van der Waals surface area (Å²) < 4.78 is 12.9. The number of rotatable bonds is 6. The van der Waals surface area contributed by atoms with E-state index in [1.54, 1.807) is 11.8 Å². The highest BCUT2D eigenvalue weighted by Gasteiger charge is 2.08. The van der Waals surface area contributed by atoms with Gasteiger partial charge in [0.1, 0.15) is 0 Å². The Hall–Kier alpha value is -2.01. The summed E-state index contributed by atoms with van der Waals surface area (Å²) in [7, 11) is 3.54. The van der Waals surface area contributed by atoms with Gasteiger partial charge in [0.2, 0.25) is 0 Å². The van der Waals surface area contributed by atoms with Crippen LogP contribution in [0.5, 0.6) is 11.5 Å². The molecule has 0 amide bonds. The van der Waals surface area contributed by atoms with Crippen molar-refractivity contribution in [1.82, 2.24) is 9.78 Å². The molecule has 0 saturated carbocycles. The molecule has 2 N–H and O–H groups in total. The maximum Gasteiger partial charge on any atom is 0.161 e. The number of aromatic nitrogens is 2. The molecule has 0 aliphatic heterocycles. The van der Waals surface area contributed by atoms with E-state index in [4.69, 9.17) is 15.2 Å². The Bertz CT molecular complexity index is 564. The summed E-state index contributed by atoms with van der Waals surface area (Å²) in [6.45, 7) is 2.53. The number of nitrogens with zero attached hydrogens (tertiary/aromatic N) is 2. The molecular weight excluding hydrogens is 254 g/mol. The van der Waals surface area contributed by atoms with Gasteiger partial charge < -0.3 is 15.2 Å². The van der Waals surface area contributed by atoms with Gasteiger partial charge >= 0.3 is 0 Å². The predicted molar refractivity (Wildman–Crippen MR) is 78.0 cm³/mol. The monoisotopic (exact) mass is 275 g/mol. The second kappa shape index (κ2) is 6.43. The Kier molecular flexibility index (Phi) is 4.63. The summed E-state index contributed by atoms with van der Waals surface area (Å²) in [5, 5.41) is 4.13. The molecule has 0 saturated heterocycles. The van der Waals surface area contributed by atoms with Crippen LogP contribution in [0.15, 0.2) is 30.6 Å². The van der Waals surface area contributed by atoms with Gasteiger partial charge in [-0.1, -0.05) is 6.07 Å². The molecule has 0 radical (unpaired) electrons. The first kappa shape index (κ1) is 14.4. The van der Waals surface area contributed by atoms with E-state index >= 15 is 0 Å². The van der Waals surface area contributed by atoms with Gasteiger partial charge in [0.05, 0.1) is 19.9 Å². The molecule has 1 aromatic heterocycles. The van der Waals surface area contributed by atoms with E-state index in [0.29, 0.717) is 12.4 Å². The van der Waals surface area contributed by atoms with Gasteiger partial charge in [-0.2, -0.15) is 5.10 Å². The molecule has 0 unspecified atom stereocenters. The lowest BCUT2D eigenvalue weighted by atomic mass is 10.1. The first-order valence-corrected chi connectivity index (χ1v) is 6.64. The maximum atomic E-state index is 5.86. The fourth-order valence-electron chi connectivity index (χ4n) is 1.97. The van der Waals surface area contributed by atoms with Crippen molar-refractivity contribution < 1.29 is 9.47 Å². The van der Waals surface area contributed by atoms with Crippen molar-refractivity contribution in [2.24, 2.45) is 12.8 Å². The number of aryl methyl sites for hydroxylation is 1. The topological polar surface area (TPSA) is 62.3 Å². The van der Waals surface area contributed by atoms with Crippen molar-refractivity contribution in [2.45, 2.75) is 19.4 Å². The molecule has 0 bridgehead atoms. The summed E-state index contributed by atoms with van der Waals surface area (Å²) in [6.07, 6.45) is 4.64. The number of benzene rings is 1. The normalized spacial score (nSPS) is 12.2. The quantitative estimate of drug-likeness (QED) is 0.876. The van der Waals surface area contributed by atoms with Crippen LogP contribution in [0.4, 0.5) is 0 Å². The summed E-state index contributed by atoms with van der Waals surface area (Å²) in [5.74, 6) is 1.45. The highest BCUT2D eigenvalue weighted by Crippen LogP contribution is 2.29. The lowest BCUT2D eigenvalue weighted by Crippen LogP contribution is -2.06. The van der Waals surface area contributed by atoms with E-state index in [1.807, 2.05) is 44.6 Å². The Balaban J connectivity index is 1.98. The molecule has 0 fully saturated rings. The predicted octanol–water partition coefficient (Wildman–Crippen LogP) is 2.07. The van der Waals surface area contributed by atoms with Gasteiger partial charge in [0.15, 0.2) is 11.5 Å². The van der Waals surface area contributed by atoms with Crippen LogP contribution >= 0.6 is 0 Å². The fraction of sp³-hybridized carbons (Fsp3) is 0.400. The van der Waals surface area contributed by atoms with Gasteiger partial charge in [-0.15, -0.1) is 0 Å². The van der Waals surface area contributed by atoms with E-state index < -0.39 is 0 Å². The average molecular weight is 275 g/mol. The van der Waals surface area contributed by atoms with E-state index in [-0.39, 0.29) is 6.04 Å². The highest BCUT2D eigenvalue weighted by atomic mass is 16.5. The Morgan fingerprint density at radius 2 is 2.15 bits per heavy atom. The lowest BCUT2D eigenvalue weighted by Gasteiger charge is -2.13. The van der Waals surface area contributed by atoms with E-state index in [9.17, 15) is 0 Å². The van der Waals surface area contributed by atoms with Crippen molar-refractivity contribution in [3.63, 3.8) is 0 Å². The van der Waals surface area contributed by atoms with Crippen LogP contribution in [-0.4, -0.2) is 23.5 Å². The summed E-state index contributed by atoms with van der Waals surface area (Å²) in [5.41, 5.74) is 8.04. The largest absolute Gasteiger partial charge is 0.493 e. The molecule has 0 aliphatic carbocycles. The molecule has 2 aromatic rings. The molecule has 1 aromatic carbocycles. The van der Waals surface area contributed by atoms with Gasteiger partial charge in [0, 0.05) is 25.7 Å². The van der Waals surface area contributed by atoms with Gasteiger partial charge in [-0.25, -0.2) is 0 Å². The minimum atomic E-state index is -0.0201. The molecule has 108 valence electrons. The zero-order chi connectivity index (χ0) is 14.5. The third kappa shape index (κ3) is 3.51. The van der Waals surface area contributed by atoms with Crippen LogP contribution in [0, 0.1) is 0 Å². The zero-order valence-corrected chi connectivity index (χ0v) is 12.2. The van der Waals surface area contributed by atoms with Crippen LogP contribution in [-0.2, 0) is 13.5 Å². The minimum Gasteiger partial charge on any atom is -0.493 e. The van der Waals surface area contributed by atoms with Gasteiger partial charge in [0.25, 0.3) is 0 Å². The van der Waals surface area contributed by atoms with Crippen molar-refractivity contribution in [3.05, 3.63) is 41.7 Å². The maximum absolute atomic E-state index is 5.86. The average Bonchev–Trinajstić information content (AvgIpc) is 2.84. The molecule has 5 heteroatoms. The molecule has 5 nitrogen and oxygen atoms in total. The van der Waals surface area contributed by atoms with E-state index in [2.05, 4.69) is 5.10 Å². The van der Waals surface area contributed by atoms with Crippen LogP contribution in [0.2, 0.25) is 0 Å². The van der Waals surface area contributed by atoms with Crippen LogP contribution in [0.25, 0.3) is 0 Å². The third-order valence-corrected chi connectivity index (χ3v) is 3.12. The molecule has 0 aliphatic rings.